The molecule has 0 bridgehead atoms. The second kappa shape index (κ2) is 4.53. The molecule has 0 saturated carbocycles. The minimum Gasteiger partial charge on any atom is -0.398 e. The molecule has 13 heavy (non-hydrogen) atoms. The first-order chi connectivity index (χ1) is 6.15. The van der Waals surface area contributed by atoms with Crippen molar-refractivity contribution in [1.29, 1.82) is 0 Å². The van der Waals surface area contributed by atoms with Crippen molar-refractivity contribution in [3.8, 4) is 0 Å². The van der Waals surface area contributed by atoms with Crippen LogP contribution < -0.4 is 11.5 Å². The normalized spacial score (nSPS) is 12.8. The van der Waals surface area contributed by atoms with Gasteiger partial charge in [0.05, 0.1) is 0 Å². The van der Waals surface area contributed by atoms with Crippen LogP contribution in [-0.4, -0.2) is 11.8 Å². The molecule has 0 aliphatic carbocycles. The van der Waals surface area contributed by atoms with Crippen molar-refractivity contribution in [2.24, 2.45) is 5.73 Å². The number of thioether (sulfide) groups is 1. The fraction of sp³-hybridized carbons (Fsp3) is 0.400. The molecule has 72 valence electrons. The summed E-state index contributed by atoms with van der Waals surface area (Å²) in [5.74, 6) is 0. The molecule has 1 aromatic carbocycles. The minimum atomic E-state index is 0.445. The molecule has 0 aliphatic rings. The quantitative estimate of drug-likeness (QED) is 0.574. The molecule has 1 rings (SSSR count). The highest BCUT2D eigenvalue weighted by Gasteiger charge is 2.05. The van der Waals surface area contributed by atoms with Gasteiger partial charge in [0.2, 0.25) is 0 Å². The molecular formula is C10H16N2S. The van der Waals surface area contributed by atoms with Gasteiger partial charge in [-0.05, 0) is 24.6 Å². The monoisotopic (exact) mass is 196 g/mol. The summed E-state index contributed by atoms with van der Waals surface area (Å²) in [7, 11) is 0. The summed E-state index contributed by atoms with van der Waals surface area (Å²) in [4.78, 5) is 1.23. The Bertz CT molecular complexity index is 286. The highest BCUT2D eigenvalue weighted by molar-refractivity contribution is 8.00. The lowest BCUT2D eigenvalue weighted by Crippen LogP contribution is -2.12. The van der Waals surface area contributed by atoms with E-state index in [2.05, 4.69) is 13.0 Å². The summed E-state index contributed by atoms with van der Waals surface area (Å²) >= 11 is 1.78. The Morgan fingerprint density at radius 2 is 2.15 bits per heavy atom. The second-order valence-corrected chi connectivity index (χ2v) is 4.61. The molecule has 0 aliphatic heterocycles. The first-order valence-corrected chi connectivity index (χ1v) is 5.25. The fourth-order valence-corrected chi connectivity index (χ4v) is 2.01. The topological polar surface area (TPSA) is 52.0 Å². The van der Waals surface area contributed by atoms with Gasteiger partial charge in [-0.25, -0.2) is 0 Å². The third-order valence-electron chi connectivity index (χ3n) is 1.99. The first kappa shape index (κ1) is 10.4. The number of hydrogen-bond acceptors (Lipinski definition) is 3. The lowest BCUT2D eigenvalue weighted by Gasteiger charge is -2.11. The van der Waals surface area contributed by atoms with E-state index in [1.807, 2.05) is 19.1 Å². The Labute approximate surface area is 83.7 Å². The van der Waals surface area contributed by atoms with Gasteiger partial charge in [0, 0.05) is 22.4 Å². The maximum absolute atomic E-state index is 5.79. The summed E-state index contributed by atoms with van der Waals surface area (Å²) in [5.41, 5.74) is 13.4. The largest absolute Gasteiger partial charge is 0.398 e. The van der Waals surface area contributed by atoms with Crippen molar-refractivity contribution in [3.05, 3.63) is 23.8 Å². The Morgan fingerprint density at radius 3 is 2.77 bits per heavy atom. The van der Waals surface area contributed by atoms with E-state index in [0.717, 1.165) is 11.3 Å². The highest BCUT2D eigenvalue weighted by atomic mass is 32.2. The van der Waals surface area contributed by atoms with Crippen LogP contribution in [0.1, 0.15) is 12.5 Å². The Balaban J connectivity index is 2.83. The zero-order chi connectivity index (χ0) is 9.84. The molecule has 3 heteroatoms. The standard InChI is InChI=1S/C10H16N2S/c1-7(6-11)13-10-5-3-4-9(12)8(10)2/h3-5,7H,6,11-12H2,1-2H3. The van der Waals surface area contributed by atoms with Crippen LogP contribution in [0.4, 0.5) is 5.69 Å². The van der Waals surface area contributed by atoms with Gasteiger partial charge in [0.25, 0.3) is 0 Å². The van der Waals surface area contributed by atoms with Gasteiger partial charge < -0.3 is 11.5 Å². The molecule has 0 heterocycles. The van der Waals surface area contributed by atoms with Gasteiger partial charge >= 0.3 is 0 Å². The van der Waals surface area contributed by atoms with Crippen LogP contribution in [0, 0.1) is 6.92 Å². The van der Waals surface area contributed by atoms with Gasteiger partial charge in [-0.1, -0.05) is 13.0 Å². The van der Waals surface area contributed by atoms with E-state index in [9.17, 15) is 0 Å². The van der Waals surface area contributed by atoms with Gasteiger partial charge in [0.15, 0.2) is 0 Å². The average molecular weight is 196 g/mol. The smallest absolute Gasteiger partial charge is 0.0354 e. The number of hydrogen-bond donors (Lipinski definition) is 2. The average Bonchev–Trinajstić information content (AvgIpc) is 2.13. The van der Waals surface area contributed by atoms with Gasteiger partial charge in [-0.3, -0.25) is 0 Å². The van der Waals surface area contributed by atoms with E-state index in [1.165, 1.54) is 4.90 Å². The number of anilines is 1. The van der Waals surface area contributed by atoms with E-state index in [0.29, 0.717) is 11.8 Å². The number of benzene rings is 1. The van der Waals surface area contributed by atoms with Crippen LogP contribution in [0.15, 0.2) is 23.1 Å². The predicted octanol–water partition coefficient (Wildman–Crippen LogP) is 2.02. The molecule has 0 radical (unpaired) electrons. The fourth-order valence-electron chi connectivity index (χ4n) is 1.02. The molecule has 1 atom stereocenters. The molecule has 4 N–H and O–H groups in total. The van der Waals surface area contributed by atoms with Crippen molar-refractivity contribution >= 4 is 17.4 Å². The molecule has 2 nitrogen and oxygen atoms in total. The van der Waals surface area contributed by atoms with Crippen LogP contribution in [0.25, 0.3) is 0 Å². The summed E-state index contributed by atoms with van der Waals surface area (Å²) in [6.07, 6.45) is 0. The molecule has 0 aromatic heterocycles. The maximum Gasteiger partial charge on any atom is 0.0354 e. The van der Waals surface area contributed by atoms with E-state index >= 15 is 0 Å². The molecule has 1 unspecified atom stereocenters. The van der Waals surface area contributed by atoms with Crippen LogP contribution in [-0.2, 0) is 0 Å². The summed E-state index contributed by atoms with van der Waals surface area (Å²) < 4.78 is 0. The maximum atomic E-state index is 5.79. The van der Waals surface area contributed by atoms with Crippen LogP contribution in [0.2, 0.25) is 0 Å². The molecule has 0 fully saturated rings. The number of nitrogens with two attached hydrogens (primary N) is 2. The van der Waals surface area contributed by atoms with E-state index in [1.54, 1.807) is 11.8 Å². The van der Waals surface area contributed by atoms with Gasteiger partial charge in [-0.15, -0.1) is 11.8 Å². The molecule has 1 aromatic rings. The highest BCUT2D eigenvalue weighted by Crippen LogP contribution is 2.28. The zero-order valence-electron chi connectivity index (χ0n) is 8.08. The first-order valence-electron chi connectivity index (χ1n) is 4.37. The summed E-state index contributed by atoms with van der Waals surface area (Å²) in [6, 6.07) is 5.99. The Morgan fingerprint density at radius 1 is 1.46 bits per heavy atom. The Kier molecular flexibility index (Phi) is 3.63. The van der Waals surface area contributed by atoms with Crippen molar-refractivity contribution < 1.29 is 0 Å². The zero-order valence-corrected chi connectivity index (χ0v) is 8.90. The van der Waals surface area contributed by atoms with E-state index in [4.69, 9.17) is 11.5 Å². The van der Waals surface area contributed by atoms with Gasteiger partial charge in [-0.2, -0.15) is 0 Å². The van der Waals surface area contributed by atoms with Gasteiger partial charge in [0.1, 0.15) is 0 Å². The van der Waals surface area contributed by atoms with Crippen LogP contribution in [0.5, 0.6) is 0 Å². The summed E-state index contributed by atoms with van der Waals surface area (Å²) in [6.45, 7) is 4.85. The van der Waals surface area contributed by atoms with Crippen molar-refractivity contribution in [1.82, 2.24) is 0 Å². The SMILES string of the molecule is Cc1c(N)cccc1SC(C)CN. The third-order valence-corrected chi connectivity index (χ3v) is 3.28. The van der Waals surface area contributed by atoms with Crippen molar-refractivity contribution in [3.63, 3.8) is 0 Å². The second-order valence-electron chi connectivity index (χ2n) is 3.13. The number of nitrogen functional groups attached to an aromatic ring is 1. The molecule has 0 saturated heterocycles. The van der Waals surface area contributed by atoms with Crippen LogP contribution >= 0.6 is 11.8 Å². The van der Waals surface area contributed by atoms with E-state index in [-0.39, 0.29) is 0 Å². The lowest BCUT2D eigenvalue weighted by molar-refractivity contribution is 0.950. The summed E-state index contributed by atoms with van der Waals surface area (Å²) in [5, 5.41) is 0.445. The number of rotatable bonds is 3. The van der Waals surface area contributed by atoms with E-state index < -0.39 is 0 Å². The predicted molar refractivity (Wildman–Crippen MR) is 60.0 cm³/mol. The minimum absolute atomic E-state index is 0.445. The van der Waals surface area contributed by atoms with Crippen LogP contribution in [0.3, 0.4) is 0 Å². The Hall–Kier alpha value is -0.670. The van der Waals surface area contributed by atoms with Crippen molar-refractivity contribution in [2.45, 2.75) is 24.0 Å². The van der Waals surface area contributed by atoms with Crippen molar-refractivity contribution in [2.75, 3.05) is 12.3 Å². The molecule has 0 spiro atoms. The molecular weight excluding hydrogens is 180 g/mol. The lowest BCUT2D eigenvalue weighted by atomic mass is 10.2. The third kappa shape index (κ3) is 2.64. The molecule has 0 amide bonds.